The summed E-state index contributed by atoms with van der Waals surface area (Å²) in [6.45, 7) is 3.07. The standard InChI is InChI=1S/C31H33N2O6/c1-5-6-10-23-22-12-13-27(36-2)31(38-4)25(22)18-32-15-14-20-16-29(28(37-3)17-24(20)30(23)32)39-19-21-9-7-8-11-26(21)33(34)35/h7-9,11-13,16-18H,5-6,10,14-15,19H2,1-4H3/q+1. The van der Waals surface area contributed by atoms with Crippen LogP contribution in [0.25, 0.3) is 22.0 Å². The van der Waals surface area contributed by atoms with E-state index in [4.69, 9.17) is 18.9 Å². The van der Waals surface area contributed by atoms with E-state index in [1.54, 1.807) is 39.5 Å². The average Bonchev–Trinajstić information content (AvgIpc) is 2.96. The third-order valence-corrected chi connectivity index (χ3v) is 7.39. The topological polar surface area (TPSA) is 83.9 Å². The van der Waals surface area contributed by atoms with Crippen molar-refractivity contribution in [1.29, 1.82) is 0 Å². The number of unbranched alkanes of at least 4 members (excludes halogenated alkanes) is 1. The molecule has 1 aliphatic rings. The molecule has 8 heteroatoms. The van der Waals surface area contributed by atoms with E-state index in [1.807, 2.05) is 18.2 Å². The second-order valence-corrected chi connectivity index (χ2v) is 9.60. The number of rotatable bonds is 10. The number of fused-ring (bicyclic) bond motifs is 4. The molecule has 0 saturated carbocycles. The Kier molecular flexibility index (Phi) is 7.54. The molecule has 0 saturated heterocycles. The van der Waals surface area contributed by atoms with Gasteiger partial charge in [-0.3, -0.25) is 10.1 Å². The summed E-state index contributed by atoms with van der Waals surface area (Å²) in [7, 11) is 4.95. The molecule has 0 aliphatic carbocycles. The molecule has 1 aromatic heterocycles. The lowest BCUT2D eigenvalue weighted by molar-refractivity contribution is -0.686. The SMILES string of the molecule is CCCCc1c2[n+](cc3c(OC)c(OC)ccc13)CCc1cc(OCc3ccccc3[N+](=O)[O-])c(OC)cc1-2. The average molecular weight is 530 g/mol. The molecule has 0 bridgehead atoms. The van der Waals surface area contributed by atoms with E-state index >= 15 is 0 Å². The zero-order valence-electron chi connectivity index (χ0n) is 22.8. The van der Waals surface area contributed by atoms with Crippen molar-refractivity contribution in [2.45, 2.75) is 45.8 Å². The molecular formula is C31H33N2O6+. The van der Waals surface area contributed by atoms with Gasteiger partial charge >= 0.3 is 0 Å². The van der Waals surface area contributed by atoms with Crippen LogP contribution >= 0.6 is 0 Å². The molecule has 8 nitrogen and oxygen atoms in total. The van der Waals surface area contributed by atoms with Crippen molar-refractivity contribution in [2.24, 2.45) is 0 Å². The summed E-state index contributed by atoms with van der Waals surface area (Å²) in [4.78, 5) is 11.1. The molecule has 0 N–H and O–H groups in total. The summed E-state index contributed by atoms with van der Waals surface area (Å²) in [6, 6.07) is 14.8. The van der Waals surface area contributed by atoms with Gasteiger partial charge in [0.05, 0.1) is 42.8 Å². The number of para-hydroxylation sites is 1. The van der Waals surface area contributed by atoms with Crippen LogP contribution in [-0.2, 0) is 26.0 Å². The van der Waals surface area contributed by atoms with E-state index in [-0.39, 0.29) is 17.2 Å². The van der Waals surface area contributed by atoms with Gasteiger partial charge in [0.25, 0.3) is 5.69 Å². The summed E-state index contributed by atoms with van der Waals surface area (Å²) < 4.78 is 25.6. The van der Waals surface area contributed by atoms with Crippen molar-refractivity contribution in [2.75, 3.05) is 21.3 Å². The van der Waals surface area contributed by atoms with E-state index in [0.717, 1.165) is 59.9 Å². The summed E-state index contributed by atoms with van der Waals surface area (Å²) in [6.07, 6.45) is 6.04. The second-order valence-electron chi connectivity index (χ2n) is 9.60. The number of pyridine rings is 1. The number of methoxy groups -OCH3 is 3. The molecule has 2 heterocycles. The lowest BCUT2D eigenvalue weighted by atomic mass is 9.89. The van der Waals surface area contributed by atoms with Gasteiger partial charge < -0.3 is 18.9 Å². The van der Waals surface area contributed by atoms with Crippen molar-refractivity contribution in [3.05, 3.63) is 81.5 Å². The summed E-state index contributed by atoms with van der Waals surface area (Å²) in [5.74, 6) is 2.62. The number of ether oxygens (including phenoxy) is 4. The van der Waals surface area contributed by atoms with Gasteiger partial charge in [-0.1, -0.05) is 25.5 Å². The van der Waals surface area contributed by atoms with Crippen LogP contribution in [0.2, 0.25) is 0 Å². The van der Waals surface area contributed by atoms with Crippen molar-refractivity contribution >= 4 is 16.5 Å². The van der Waals surface area contributed by atoms with E-state index < -0.39 is 0 Å². The maximum absolute atomic E-state index is 11.4. The Morgan fingerprint density at radius 3 is 2.46 bits per heavy atom. The molecule has 3 aromatic carbocycles. The summed E-state index contributed by atoms with van der Waals surface area (Å²) in [5, 5.41) is 13.6. The monoisotopic (exact) mass is 529 g/mol. The normalized spacial score (nSPS) is 12.0. The zero-order valence-corrected chi connectivity index (χ0v) is 22.8. The molecule has 0 atom stereocenters. The first-order chi connectivity index (χ1) is 19.0. The van der Waals surface area contributed by atoms with Crippen LogP contribution < -0.4 is 23.5 Å². The first kappa shape index (κ1) is 26.3. The maximum atomic E-state index is 11.4. The first-order valence-corrected chi connectivity index (χ1v) is 13.2. The van der Waals surface area contributed by atoms with Crippen LogP contribution in [0, 0.1) is 10.1 Å². The smallest absolute Gasteiger partial charge is 0.276 e. The third kappa shape index (κ3) is 4.82. The molecule has 1 aliphatic heterocycles. The summed E-state index contributed by atoms with van der Waals surface area (Å²) in [5.41, 5.74) is 5.27. The van der Waals surface area contributed by atoms with Gasteiger partial charge in [-0.25, -0.2) is 0 Å². The Balaban J connectivity index is 1.62. The molecule has 0 amide bonds. The number of aryl methyl sites for hydroxylation is 3. The number of hydrogen-bond donors (Lipinski definition) is 0. The van der Waals surface area contributed by atoms with Crippen LogP contribution in [0.1, 0.15) is 36.5 Å². The fourth-order valence-electron chi connectivity index (χ4n) is 5.47. The van der Waals surface area contributed by atoms with Crippen LogP contribution in [0.5, 0.6) is 23.0 Å². The van der Waals surface area contributed by atoms with Gasteiger partial charge in [0.1, 0.15) is 6.61 Å². The van der Waals surface area contributed by atoms with Gasteiger partial charge in [0.15, 0.2) is 35.7 Å². The van der Waals surface area contributed by atoms with Crippen molar-refractivity contribution in [1.82, 2.24) is 0 Å². The Morgan fingerprint density at radius 2 is 1.74 bits per heavy atom. The molecule has 0 spiro atoms. The van der Waals surface area contributed by atoms with E-state index in [9.17, 15) is 10.1 Å². The molecule has 39 heavy (non-hydrogen) atoms. The molecule has 5 rings (SSSR count). The maximum Gasteiger partial charge on any atom is 0.276 e. The number of nitrogens with zero attached hydrogens (tertiary/aromatic N) is 2. The third-order valence-electron chi connectivity index (χ3n) is 7.39. The molecule has 0 fully saturated rings. The van der Waals surface area contributed by atoms with Crippen molar-refractivity contribution in [3.63, 3.8) is 0 Å². The predicted molar refractivity (Wildman–Crippen MR) is 149 cm³/mol. The Labute approximate surface area is 227 Å². The second kappa shape index (κ2) is 11.2. The fraction of sp³-hybridized carbons (Fsp3) is 0.323. The zero-order chi connectivity index (χ0) is 27.5. The number of nitro benzene ring substituents is 1. The van der Waals surface area contributed by atoms with E-state index in [2.05, 4.69) is 23.8 Å². The minimum atomic E-state index is -0.385. The van der Waals surface area contributed by atoms with E-state index in [0.29, 0.717) is 22.8 Å². The van der Waals surface area contributed by atoms with Gasteiger partial charge in [0.2, 0.25) is 5.69 Å². The van der Waals surface area contributed by atoms with Gasteiger partial charge in [0, 0.05) is 23.4 Å². The highest BCUT2D eigenvalue weighted by Gasteiger charge is 2.31. The van der Waals surface area contributed by atoms with Crippen LogP contribution in [0.4, 0.5) is 5.69 Å². The predicted octanol–water partition coefficient (Wildman–Crippen LogP) is 6.21. The quantitative estimate of drug-likeness (QED) is 0.138. The molecule has 4 aromatic rings. The highest BCUT2D eigenvalue weighted by atomic mass is 16.6. The molecular weight excluding hydrogens is 496 g/mol. The number of benzene rings is 3. The van der Waals surface area contributed by atoms with Gasteiger partial charge in [-0.15, -0.1) is 0 Å². The van der Waals surface area contributed by atoms with Gasteiger partial charge in [-0.2, -0.15) is 4.57 Å². The fourth-order valence-corrected chi connectivity index (χ4v) is 5.47. The molecule has 0 unspecified atom stereocenters. The lowest BCUT2D eigenvalue weighted by Crippen LogP contribution is -2.41. The Hall–Kier alpha value is -4.33. The molecule has 202 valence electrons. The highest BCUT2D eigenvalue weighted by molar-refractivity contribution is 5.95. The Bertz CT molecular complexity index is 1550. The Morgan fingerprint density at radius 1 is 0.949 bits per heavy atom. The number of hydrogen-bond acceptors (Lipinski definition) is 6. The number of aromatic nitrogens is 1. The first-order valence-electron chi connectivity index (χ1n) is 13.2. The van der Waals surface area contributed by atoms with Gasteiger partial charge in [-0.05, 0) is 48.7 Å². The minimum Gasteiger partial charge on any atom is -0.493 e. The van der Waals surface area contributed by atoms with Crippen LogP contribution in [-0.4, -0.2) is 26.3 Å². The van der Waals surface area contributed by atoms with E-state index in [1.165, 1.54) is 17.3 Å². The van der Waals surface area contributed by atoms with Crippen LogP contribution in [0.3, 0.4) is 0 Å². The number of nitro groups is 1. The van der Waals surface area contributed by atoms with Crippen molar-refractivity contribution < 1.29 is 28.4 Å². The molecule has 0 radical (unpaired) electrons. The highest BCUT2D eigenvalue weighted by Crippen LogP contribution is 2.43. The summed E-state index contributed by atoms with van der Waals surface area (Å²) >= 11 is 0. The van der Waals surface area contributed by atoms with Crippen molar-refractivity contribution in [3.8, 4) is 34.3 Å². The lowest BCUT2D eigenvalue weighted by Gasteiger charge is -2.22. The van der Waals surface area contributed by atoms with Crippen LogP contribution in [0.15, 0.2) is 54.7 Å². The minimum absolute atomic E-state index is 0.0410. The largest absolute Gasteiger partial charge is 0.493 e.